The second-order valence-corrected chi connectivity index (χ2v) is 20.9. The van der Waals surface area contributed by atoms with E-state index in [9.17, 15) is 19.8 Å². The summed E-state index contributed by atoms with van der Waals surface area (Å²) in [7, 11) is 7.43. The Morgan fingerprint density at radius 3 is 2.23 bits per heavy atom. The van der Waals surface area contributed by atoms with Crippen molar-refractivity contribution in [3.05, 3.63) is 0 Å². The van der Waals surface area contributed by atoms with Gasteiger partial charge in [-0.3, -0.25) is 9.59 Å². The minimum atomic E-state index is -1.58. The van der Waals surface area contributed by atoms with Crippen molar-refractivity contribution in [3.63, 3.8) is 0 Å². The fraction of sp³-hybridized carbons (Fsp3) is 0.958. The van der Waals surface area contributed by atoms with E-state index in [2.05, 4.69) is 11.8 Å². The summed E-state index contributed by atoms with van der Waals surface area (Å²) < 4.78 is 70.2. The molecule has 0 aromatic rings. The number of esters is 2. The molecule has 20 atom stereocenters. The Kier molecular flexibility index (Phi) is 19.0. The Bertz CT molecular complexity index is 1580. The predicted octanol–water partition coefficient (Wildman–Crippen LogP) is 3.42. The molecular formula is C48H86N2O16. The van der Waals surface area contributed by atoms with Crippen LogP contribution in [0.15, 0.2) is 0 Å². The monoisotopic (exact) mass is 947 g/mol. The van der Waals surface area contributed by atoms with E-state index in [0.717, 1.165) is 0 Å². The molecule has 0 aromatic heterocycles. The van der Waals surface area contributed by atoms with Crippen molar-refractivity contribution < 1.29 is 77.0 Å². The van der Waals surface area contributed by atoms with Gasteiger partial charge in [-0.2, -0.15) is 0 Å². The second-order valence-electron chi connectivity index (χ2n) is 20.9. The van der Waals surface area contributed by atoms with E-state index in [1.165, 1.54) is 6.92 Å². The van der Waals surface area contributed by atoms with Crippen LogP contribution in [0.2, 0.25) is 0 Å². The molecule has 18 nitrogen and oxygen atoms in total. The number of likely N-dealkylation sites (N-methyl/N-ethyl adjacent to an activating group) is 2. The number of cyclic esters (lactones) is 1. The lowest BCUT2D eigenvalue weighted by Crippen LogP contribution is -2.68. The van der Waals surface area contributed by atoms with E-state index in [-0.39, 0.29) is 43.6 Å². The van der Waals surface area contributed by atoms with Crippen LogP contribution >= 0.6 is 0 Å². The summed E-state index contributed by atoms with van der Waals surface area (Å²) in [6.45, 7) is 22.3. The summed E-state index contributed by atoms with van der Waals surface area (Å²) in [5.74, 6) is -2.91. The van der Waals surface area contributed by atoms with Gasteiger partial charge >= 0.3 is 11.9 Å². The number of carbonyl (C=O) groups excluding carboxylic acids is 2. The van der Waals surface area contributed by atoms with Crippen LogP contribution in [0.25, 0.3) is 0 Å². The molecule has 5 rings (SSSR count). The van der Waals surface area contributed by atoms with Gasteiger partial charge in [0, 0.05) is 65.4 Å². The highest BCUT2D eigenvalue weighted by Gasteiger charge is 2.85. The first-order chi connectivity index (χ1) is 30.9. The number of hydrogen-bond donors (Lipinski definition) is 3. The van der Waals surface area contributed by atoms with E-state index in [1.807, 2.05) is 74.5 Å². The van der Waals surface area contributed by atoms with Gasteiger partial charge in [0.05, 0.1) is 47.6 Å². The van der Waals surface area contributed by atoms with Crippen LogP contribution in [-0.4, -0.2) is 200 Å². The zero-order chi connectivity index (χ0) is 49.1. The van der Waals surface area contributed by atoms with Gasteiger partial charge in [-0.25, -0.2) is 0 Å². The molecular weight excluding hydrogens is 861 g/mol. The normalized spacial score (nSPS) is 46.2. The summed E-state index contributed by atoms with van der Waals surface area (Å²) in [5.41, 5.74) is -4.58. The number of aliphatic hydroxyl groups excluding tert-OH is 2. The quantitative estimate of drug-likeness (QED) is 0.115. The van der Waals surface area contributed by atoms with Crippen molar-refractivity contribution in [2.75, 3.05) is 61.2 Å². The van der Waals surface area contributed by atoms with Gasteiger partial charge in [0.1, 0.15) is 23.9 Å². The number of nitrogens with zero attached hydrogens (tertiary/aromatic N) is 2. The molecule has 5 fully saturated rings. The smallest absolute Gasteiger partial charge is 0.311 e. The fourth-order valence-corrected chi connectivity index (χ4v) is 11.4. The minimum absolute atomic E-state index is 0.0728. The molecule has 5 aliphatic rings. The van der Waals surface area contributed by atoms with Gasteiger partial charge in [-0.1, -0.05) is 20.8 Å². The van der Waals surface area contributed by atoms with Crippen LogP contribution in [0, 0.1) is 17.8 Å². The zero-order valence-corrected chi connectivity index (χ0v) is 42.6. The predicted molar refractivity (Wildman–Crippen MR) is 241 cm³/mol. The molecule has 0 radical (unpaired) electrons. The van der Waals surface area contributed by atoms with Crippen LogP contribution < -0.4 is 0 Å². The average Bonchev–Trinajstić information content (AvgIpc) is 3.92. The number of hydrogen-bond acceptors (Lipinski definition) is 18. The number of ether oxygens (including phenoxy) is 11. The first-order valence-corrected chi connectivity index (χ1v) is 24.4. The SMILES string of the molecule is CC[C@H]1OC(=O)[C@H](C)[C@@H](OC2C[C@@](C)(OC)[C@@H](OCCCOCCCO)[C@H](C)O2)[C@H](C)[C@@H](O[C@@H]2O[C@H](C)C[C@H](N(C)C)[C@H]2OC(C)=O)[C@](C)(O)C[C@@H](C)CN(C)[C@@H](C)[C@H]2O[C@@H](O)C23O[C@]13C. The lowest BCUT2D eigenvalue weighted by Gasteiger charge is -2.50. The van der Waals surface area contributed by atoms with E-state index in [4.69, 9.17) is 57.2 Å². The highest BCUT2D eigenvalue weighted by Crippen LogP contribution is 2.63. The number of carbonyl (C=O) groups is 2. The molecule has 2 unspecified atom stereocenters. The van der Waals surface area contributed by atoms with Crippen LogP contribution in [0.4, 0.5) is 0 Å². The maximum atomic E-state index is 14.8. The third-order valence-electron chi connectivity index (χ3n) is 15.1. The van der Waals surface area contributed by atoms with E-state index >= 15 is 0 Å². The van der Waals surface area contributed by atoms with Gasteiger partial charge in [0.2, 0.25) is 0 Å². The Morgan fingerprint density at radius 1 is 0.939 bits per heavy atom. The summed E-state index contributed by atoms with van der Waals surface area (Å²) in [6.07, 6.45) is -6.03. The Balaban J connectivity index is 1.54. The molecule has 0 amide bonds. The van der Waals surface area contributed by atoms with Gasteiger partial charge in [-0.05, 0) is 108 Å². The van der Waals surface area contributed by atoms with Crippen LogP contribution in [0.5, 0.6) is 0 Å². The molecule has 5 heterocycles. The highest BCUT2D eigenvalue weighted by atomic mass is 16.8. The van der Waals surface area contributed by atoms with Crippen molar-refractivity contribution in [2.45, 2.75) is 217 Å². The van der Waals surface area contributed by atoms with Crippen LogP contribution in [0.3, 0.4) is 0 Å². The van der Waals surface area contributed by atoms with Gasteiger partial charge in [-0.15, -0.1) is 0 Å². The molecule has 0 saturated carbocycles. The summed E-state index contributed by atoms with van der Waals surface area (Å²) >= 11 is 0. The van der Waals surface area contributed by atoms with Gasteiger partial charge < -0.3 is 77.2 Å². The maximum absolute atomic E-state index is 14.8. The molecule has 66 heavy (non-hydrogen) atoms. The lowest BCUT2D eigenvalue weighted by atomic mass is 9.76. The van der Waals surface area contributed by atoms with Gasteiger partial charge in [0.15, 0.2) is 30.6 Å². The van der Waals surface area contributed by atoms with Crippen molar-refractivity contribution in [2.24, 2.45) is 17.8 Å². The largest absolute Gasteiger partial charge is 0.459 e. The fourth-order valence-electron chi connectivity index (χ4n) is 11.4. The summed E-state index contributed by atoms with van der Waals surface area (Å²) in [4.78, 5) is 31.6. The Hall–Kier alpha value is -1.62. The number of rotatable bonds is 16. The maximum Gasteiger partial charge on any atom is 0.311 e. The highest BCUT2D eigenvalue weighted by molar-refractivity contribution is 5.73. The van der Waals surface area contributed by atoms with Gasteiger partial charge in [0.25, 0.3) is 0 Å². The summed E-state index contributed by atoms with van der Waals surface area (Å²) in [6, 6.07) is -0.480. The number of aliphatic hydroxyl groups is 3. The molecule has 1 spiro atoms. The van der Waals surface area contributed by atoms with E-state index in [1.54, 1.807) is 21.0 Å². The molecule has 3 N–H and O–H groups in total. The van der Waals surface area contributed by atoms with Crippen LogP contribution in [0.1, 0.15) is 115 Å². The van der Waals surface area contributed by atoms with Crippen LogP contribution in [-0.2, 0) is 61.7 Å². The zero-order valence-electron chi connectivity index (χ0n) is 42.6. The Labute approximate surface area is 393 Å². The third-order valence-corrected chi connectivity index (χ3v) is 15.1. The van der Waals surface area contributed by atoms with E-state index in [0.29, 0.717) is 52.0 Å². The van der Waals surface area contributed by atoms with Crippen molar-refractivity contribution in [1.82, 2.24) is 9.80 Å². The minimum Gasteiger partial charge on any atom is -0.459 e. The van der Waals surface area contributed by atoms with Crippen molar-refractivity contribution in [1.29, 1.82) is 0 Å². The number of epoxide rings is 1. The Morgan fingerprint density at radius 2 is 1.62 bits per heavy atom. The topological polar surface area (TPSA) is 206 Å². The molecule has 18 heteroatoms. The van der Waals surface area contributed by atoms with Crippen molar-refractivity contribution in [3.8, 4) is 0 Å². The molecule has 5 aliphatic heterocycles. The third kappa shape index (κ3) is 11.8. The molecule has 5 saturated heterocycles. The van der Waals surface area contributed by atoms with E-state index < -0.39 is 108 Å². The molecule has 0 bridgehead atoms. The molecule has 384 valence electrons. The lowest BCUT2D eigenvalue weighted by molar-refractivity contribution is -0.321. The summed E-state index contributed by atoms with van der Waals surface area (Å²) in [5, 5.41) is 33.2. The van der Waals surface area contributed by atoms with Crippen molar-refractivity contribution >= 4 is 11.9 Å². The molecule has 0 aliphatic carbocycles. The average molecular weight is 947 g/mol. The first-order valence-electron chi connectivity index (χ1n) is 24.4. The second kappa shape index (κ2) is 22.6. The molecule has 0 aromatic carbocycles. The number of methoxy groups -OCH3 is 1. The first kappa shape index (κ1) is 55.3. The standard InChI is InChI=1S/C48H86N2O16/c1-16-35-47(11)48(66-47)40(65-44(48)54)31(6)50(14)26-27(2)24-45(9,55)39(64-43-38(61-33(8)52)34(49(12)13)23-28(3)59-43)29(4)37(30(5)42(53)62-35)63-36-25-46(10,56-15)41(32(7)60-36)58-22-18-21-57-20-17-19-51/h27-32,34-41,43-44,51,54-55H,16-26H2,1-15H3/t27-,28-,29+,30-,31+,32+,34+,35-,36?,37+,38-,39-,40-,41+,43+,44-,45-,46-,47-,48?/m1/s1.